The molecule has 0 saturated carbocycles. The van der Waals surface area contributed by atoms with Crippen LogP contribution in [0.4, 0.5) is 5.69 Å². The van der Waals surface area contributed by atoms with Crippen LogP contribution >= 0.6 is 11.6 Å². The summed E-state index contributed by atoms with van der Waals surface area (Å²) in [7, 11) is 0. The molecule has 0 bridgehead atoms. The molecule has 1 aliphatic rings. The number of aliphatic hydroxyl groups is 1. The lowest BCUT2D eigenvalue weighted by Gasteiger charge is -2.28. The average Bonchev–Trinajstić information content (AvgIpc) is 2.57. The maximum absolute atomic E-state index is 10.3. The lowest BCUT2D eigenvalue weighted by atomic mass is 9.86. The number of halogens is 1. The molecule has 17 heavy (non-hydrogen) atoms. The van der Waals surface area contributed by atoms with E-state index in [1.54, 1.807) is 0 Å². The summed E-state index contributed by atoms with van der Waals surface area (Å²) in [5, 5.41) is 11.1. The van der Waals surface area contributed by atoms with Crippen molar-refractivity contribution in [1.82, 2.24) is 0 Å². The van der Waals surface area contributed by atoms with Crippen molar-refractivity contribution >= 4 is 17.3 Å². The van der Waals surface area contributed by atoms with Gasteiger partial charge in [0.2, 0.25) is 0 Å². The number of rotatable bonds is 2. The summed E-state index contributed by atoms with van der Waals surface area (Å²) in [5.41, 5.74) is 1.51. The standard InChI is InChI=1S/C14H20ClNO/c1-9(2)16-8-10(14(3,4)17)13-11(15)6-5-7-12(13)16/h5-7,9-10,17H,8H2,1-4H3. The minimum atomic E-state index is -0.747. The fraction of sp³-hybridized carbons (Fsp3) is 0.571. The molecule has 94 valence electrons. The second-order valence-electron chi connectivity index (χ2n) is 5.62. The van der Waals surface area contributed by atoms with E-state index in [1.165, 1.54) is 5.69 Å². The van der Waals surface area contributed by atoms with Crippen molar-refractivity contribution in [3.63, 3.8) is 0 Å². The molecule has 0 amide bonds. The maximum atomic E-state index is 10.3. The Hall–Kier alpha value is -0.730. The topological polar surface area (TPSA) is 23.5 Å². The Morgan fingerprint density at radius 2 is 2.06 bits per heavy atom. The molecule has 1 atom stereocenters. The van der Waals surface area contributed by atoms with Crippen molar-refractivity contribution in [3.8, 4) is 0 Å². The molecular weight excluding hydrogens is 234 g/mol. The Bertz CT molecular complexity index is 423. The van der Waals surface area contributed by atoms with E-state index in [1.807, 2.05) is 26.0 Å². The van der Waals surface area contributed by atoms with Gasteiger partial charge in [-0.3, -0.25) is 0 Å². The summed E-state index contributed by atoms with van der Waals surface area (Å²) >= 11 is 6.30. The molecule has 0 aliphatic carbocycles. The summed E-state index contributed by atoms with van der Waals surface area (Å²) < 4.78 is 0. The normalized spacial score (nSPS) is 19.9. The first-order chi connectivity index (χ1) is 7.82. The number of anilines is 1. The van der Waals surface area contributed by atoms with E-state index < -0.39 is 5.60 Å². The molecule has 0 aromatic heterocycles. The molecule has 2 rings (SSSR count). The highest BCUT2D eigenvalue weighted by Crippen LogP contribution is 2.46. The van der Waals surface area contributed by atoms with E-state index in [-0.39, 0.29) is 5.92 Å². The molecule has 1 aromatic carbocycles. The number of hydrogen-bond acceptors (Lipinski definition) is 2. The molecule has 1 aromatic rings. The van der Waals surface area contributed by atoms with Crippen molar-refractivity contribution < 1.29 is 5.11 Å². The quantitative estimate of drug-likeness (QED) is 0.873. The third-order valence-electron chi connectivity index (χ3n) is 3.54. The van der Waals surface area contributed by atoms with Crippen molar-refractivity contribution in [3.05, 3.63) is 28.8 Å². The van der Waals surface area contributed by atoms with Gasteiger partial charge in [-0.1, -0.05) is 17.7 Å². The first-order valence-corrected chi connectivity index (χ1v) is 6.47. The molecule has 2 nitrogen and oxygen atoms in total. The third-order valence-corrected chi connectivity index (χ3v) is 3.87. The zero-order chi connectivity index (χ0) is 12.8. The third kappa shape index (κ3) is 2.16. The second-order valence-corrected chi connectivity index (χ2v) is 6.03. The van der Waals surface area contributed by atoms with E-state index in [2.05, 4.69) is 24.8 Å². The summed E-state index contributed by atoms with van der Waals surface area (Å²) in [4.78, 5) is 2.31. The van der Waals surface area contributed by atoms with Crippen molar-refractivity contribution in [2.24, 2.45) is 0 Å². The molecule has 1 N–H and O–H groups in total. The van der Waals surface area contributed by atoms with Crippen LogP contribution in [0, 0.1) is 0 Å². The van der Waals surface area contributed by atoms with Gasteiger partial charge in [0, 0.05) is 34.8 Å². The fourth-order valence-electron chi connectivity index (χ4n) is 2.57. The number of nitrogens with zero attached hydrogens (tertiary/aromatic N) is 1. The lowest BCUT2D eigenvalue weighted by Crippen LogP contribution is -2.36. The average molecular weight is 254 g/mol. The van der Waals surface area contributed by atoms with E-state index >= 15 is 0 Å². The Balaban J connectivity index is 2.53. The molecule has 0 spiro atoms. The lowest BCUT2D eigenvalue weighted by molar-refractivity contribution is 0.0546. The number of benzene rings is 1. The van der Waals surface area contributed by atoms with Gasteiger partial charge in [0.05, 0.1) is 5.60 Å². The van der Waals surface area contributed by atoms with Gasteiger partial charge in [-0.15, -0.1) is 0 Å². The summed E-state index contributed by atoms with van der Waals surface area (Å²) in [6.07, 6.45) is 0. The Morgan fingerprint density at radius 3 is 2.59 bits per heavy atom. The molecular formula is C14H20ClNO. The largest absolute Gasteiger partial charge is 0.390 e. The van der Waals surface area contributed by atoms with Gasteiger partial charge in [0.25, 0.3) is 0 Å². The first kappa shape index (κ1) is 12.7. The van der Waals surface area contributed by atoms with Crippen LogP contribution in [-0.2, 0) is 0 Å². The van der Waals surface area contributed by atoms with Crippen LogP contribution in [0.3, 0.4) is 0 Å². The zero-order valence-electron chi connectivity index (χ0n) is 10.9. The monoisotopic (exact) mass is 253 g/mol. The predicted molar refractivity (Wildman–Crippen MR) is 73.0 cm³/mol. The summed E-state index contributed by atoms with van der Waals surface area (Å²) in [6, 6.07) is 6.39. The van der Waals surface area contributed by atoms with Crippen molar-refractivity contribution in [1.29, 1.82) is 0 Å². The van der Waals surface area contributed by atoms with E-state index in [4.69, 9.17) is 11.6 Å². The van der Waals surface area contributed by atoms with Crippen LogP contribution in [0.15, 0.2) is 18.2 Å². The van der Waals surface area contributed by atoms with E-state index in [0.717, 1.165) is 17.1 Å². The van der Waals surface area contributed by atoms with Gasteiger partial charge in [-0.25, -0.2) is 0 Å². The Labute approximate surface area is 108 Å². The maximum Gasteiger partial charge on any atom is 0.0678 e. The van der Waals surface area contributed by atoms with Crippen molar-refractivity contribution in [2.75, 3.05) is 11.4 Å². The van der Waals surface area contributed by atoms with Crippen LogP contribution < -0.4 is 4.90 Å². The molecule has 1 unspecified atom stereocenters. The van der Waals surface area contributed by atoms with Gasteiger partial charge in [0.15, 0.2) is 0 Å². The van der Waals surface area contributed by atoms with Gasteiger partial charge in [-0.05, 0) is 39.8 Å². The minimum Gasteiger partial charge on any atom is -0.390 e. The highest BCUT2D eigenvalue weighted by molar-refractivity contribution is 6.32. The van der Waals surface area contributed by atoms with Crippen LogP contribution in [0.25, 0.3) is 0 Å². The SMILES string of the molecule is CC(C)N1CC(C(C)(C)O)c2c(Cl)cccc21. The highest BCUT2D eigenvalue weighted by atomic mass is 35.5. The second kappa shape index (κ2) is 4.18. The molecule has 1 aliphatic heterocycles. The van der Waals surface area contributed by atoms with E-state index in [0.29, 0.717) is 6.04 Å². The Morgan fingerprint density at radius 1 is 1.41 bits per heavy atom. The van der Waals surface area contributed by atoms with Gasteiger partial charge >= 0.3 is 0 Å². The van der Waals surface area contributed by atoms with Crippen LogP contribution in [0.5, 0.6) is 0 Å². The molecule has 3 heteroatoms. The molecule has 0 fully saturated rings. The summed E-state index contributed by atoms with van der Waals surface area (Å²) in [6.45, 7) is 8.87. The Kier molecular flexibility index (Phi) is 3.13. The van der Waals surface area contributed by atoms with Gasteiger partial charge in [-0.2, -0.15) is 0 Å². The van der Waals surface area contributed by atoms with E-state index in [9.17, 15) is 5.11 Å². The number of fused-ring (bicyclic) bond motifs is 1. The number of hydrogen-bond donors (Lipinski definition) is 1. The van der Waals surface area contributed by atoms with Crippen LogP contribution in [0.2, 0.25) is 5.02 Å². The summed E-state index contributed by atoms with van der Waals surface area (Å²) in [5.74, 6) is 0.0774. The first-order valence-electron chi connectivity index (χ1n) is 6.09. The zero-order valence-corrected chi connectivity index (χ0v) is 11.6. The molecule has 0 radical (unpaired) electrons. The van der Waals surface area contributed by atoms with Crippen LogP contribution in [-0.4, -0.2) is 23.3 Å². The van der Waals surface area contributed by atoms with Crippen molar-refractivity contribution in [2.45, 2.75) is 45.3 Å². The van der Waals surface area contributed by atoms with Gasteiger partial charge < -0.3 is 10.0 Å². The molecule has 0 saturated heterocycles. The minimum absolute atomic E-state index is 0.0774. The molecule has 1 heterocycles. The smallest absolute Gasteiger partial charge is 0.0678 e. The van der Waals surface area contributed by atoms with Crippen LogP contribution in [0.1, 0.15) is 39.2 Å². The van der Waals surface area contributed by atoms with Gasteiger partial charge in [0.1, 0.15) is 0 Å². The fourth-order valence-corrected chi connectivity index (χ4v) is 2.87. The predicted octanol–water partition coefficient (Wildman–Crippen LogP) is 3.42. The highest BCUT2D eigenvalue weighted by Gasteiger charge is 2.39.